The van der Waals surface area contributed by atoms with Gasteiger partial charge in [-0.2, -0.15) is 0 Å². The van der Waals surface area contributed by atoms with E-state index in [0.717, 1.165) is 12.2 Å². The Kier molecular flexibility index (Phi) is 7.05. The molecular formula is C22H18O6. The van der Waals surface area contributed by atoms with Crippen LogP contribution in [0.4, 0.5) is 0 Å². The largest absolute Gasteiger partial charge is 0.496 e. The van der Waals surface area contributed by atoms with Crippen molar-refractivity contribution in [2.24, 2.45) is 0 Å². The number of hydrogen-bond acceptors (Lipinski definition) is 6. The molecule has 0 saturated heterocycles. The van der Waals surface area contributed by atoms with Crippen molar-refractivity contribution in [3.05, 3.63) is 78.9 Å². The number of carbonyl (C=O) groups is 3. The minimum absolute atomic E-state index is 0.292. The van der Waals surface area contributed by atoms with Crippen LogP contribution in [0, 0.1) is 0 Å². The summed E-state index contributed by atoms with van der Waals surface area (Å²) in [6.07, 6.45) is 4.46. The Hall–Kier alpha value is -3.93. The monoisotopic (exact) mass is 378 g/mol. The molecule has 0 saturated carbocycles. The first-order chi connectivity index (χ1) is 13.5. The Morgan fingerprint density at radius 3 is 2.00 bits per heavy atom. The first kappa shape index (κ1) is 20.4. The second-order valence-electron chi connectivity index (χ2n) is 5.40. The fourth-order valence-electron chi connectivity index (χ4n) is 2.26. The van der Waals surface area contributed by atoms with Crippen molar-refractivity contribution < 1.29 is 28.6 Å². The minimum atomic E-state index is -0.587. The molecule has 0 N–H and O–H groups in total. The van der Waals surface area contributed by atoms with E-state index in [1.165, 1.54) is 13.2 Å². The van der Waals surface area contributed by atoms with Gasteiger partial charge >= 0.3 is 11.9 Å². The second kappa shape index (κ2) is 9.68. The van der Waals surface area contributed by atoms with E-state index in [0.29, 0.717) is 40.2 Å². The molecule has 0 amide bonds. The van der Waals surface area contributed by atoms with Crippen LogP contribution in [0.1, 0.15) is 11.1 Å². The third-order valence-electron chi connectivity index (χ3n) is 3.60. The average Bonchev–Trinajstić information content (AvgIpc) is 2.73. The van der Waals surface area contributed by atoms with Gasteiger partial charge in [0.25, 0.3) is 0 Å². The van der Waals surface area contributed by atoms with Crippen molar-refractivity contribution in [3.63, 3.8) is 0 Å². The second-order valence-corrected chi connectivity index (χ2v) is 5.40. The van der Waals surface area contributed by atoms with E-state index in [2.05, 4.69) is 13.2 Å². The third kappa shape index (κ3) is 5.28. The summed E-state index contributed by atoms with van der Waals surface area (Å²) in [5.74, 6) is -0.105. The lowest BCUT2D eigenvalue weighted by atomic mass is 10.0. The van der Waals surface area contributed by atoms with Gasteiger partial charge in [-0.3, -0.25) is 4.79 Å². The molecule has 2 rings (SSSR count). The molecule has 142 valence electrons. The maximum atomic E-state index is 11.6. The molecule has 0 atom stereocenters. The molecule has 0 aliphatic rings. The highest BCUT2D eigenvalue weighted by Gasteiger charge is 2.09. The van der Waals surface area contributed by atoms with E-state index in [9.17, 15) is 14.4 Å². The number of carbonyl (C=O) groups excluding carboxylic acids is 3. The maximum Gasteiger partial charge on any atom is 0.335 e. The van der Waals surface area contributed by atoms with Gasteiger partial charge in [-0.15, -0.1) is 0 Å². The Balaban J connectivity index is 2.31. The van der Waals surface area contributed by atoms with Gasteiger partial charge in [0.2, 0.25) is 0 Å². The van der Waals surface area contributed by atoms with Gasteiger partial charge < -0.3 is 14.2 Å². The smallest absolute Gasteiger partial charge is 0.335 e. The first-order valence-corrected chi connectivity index (χ1v) is 8.14. The number of ether oxygens (including phenoxy) is 3. The molecule has 0 spiro atoms. The van der Waals surface area contributed by atoms with Crippen molar-refractivity contribution in [1.29, 1.82) is 0 Å². The zero-order valence-electron chi connectivity index (χ0n) is 15.2. The summed E-state index contributed by atoms with van der Waals surface area (Å²) in [6, 6.07) is 11.2. The molecule has 2 aromatic carbocycles. The quantitative estimate of drug-likeness (QED) is 0.230. The molecule has 0 aliphatic heterocycles. The molecule has 2 aromatic rings. The Labute approximate surface area is 162 Å². The van der Waals surface area contributed by atoms with Crippen LogP contribution in [0.2, 0.25) is 0 Å². The number of methoxy groups -OCH3 is 1. The van der Waals surface area contributed by atoms with Crippen molar-refractivity contribution in [2.45, 2.75) is 0 Å². The van der Waals surface area contributed by atoms with Gasteiger partial charge in [-0.05, 0) is 35.9 Å². The standard InChI is InChI=1S/C22H18O6/c1-4-21(24)27-18-9-6-15(7-10-18)17(14-23)12-16-8-11-19(13-20(16)26-3)28-22(25)5-2/h4-14H,1-2H2,3H3/b17-12+. The topological polar surface area (TPSA) is 78.9 Å². The Morgan fingerprint density at radius 1 is 0.893 bits per heavy atom. The maximum absolute atomic E-state index is 11.6. The molecule has 0 unspecified atom stereocenters. The molecule has 0 heterocycles. The fraction of sp³-hybridized carbons (Fsp3) is 0.0455. The van der Waals surface area contributed by atoms with Gasteiger partial charge in [0, 0.05) is 29.4 Å². The summed E-state index contributed by atoms with van der Waals surface area (Å²) < 4.78 is 15.4. The molecule has 0 aliphatic carbocycles. The Bertz CT molecular complexity index is 938. The summed E-state index contributed by atoms with van der Waals surface area (Å²) in [5, 5.41) is 0. The lowest BCUT2D eigenvalue weighted by Gasteiger charge is -2.09. The Morgan fingerprint density at radius 2 is 1.46 bits per heavy atom. The lowest BCUT2D eigenvalue weighted by molar-refractivity contribution is -0.129. The predicted octanol–water partition coefficient (Wildman–Crippen LogP) is 3.62. The van der Waals surface area contributed by atoms with Crippen LogP contribution in [0.25, 0.3) is 11.6 Å². The van der Waals surface area contributed by atoms with Gasteiger partial charge in [0.15, 0.2) is 6.29 Å². The van der Waals surface area contributed by atoms with Crippen LogP contribution in [0.15, 0.2) is 67.8 Å². The van der Waals surface area contributed by atoms with Crippen molar-refractivity contribution >= 4 is 29.9 Å². The van der Waals surface area contributed by atoms with E-state index in [1.54, 1.807) is 42.5 Å². The van der Waals surface area contributed by atoms with Gasteiger partial charge in [0.1, 0.15) is 17.2 Å². The minimum Gasteiger partial charge on any atom is -0.496 e. The molecular weight excluding hydrogens is 360 g/mol. The van der Waals surface area contributed by atoms with E-state index < -0.39 is 11.9 Å². The summed E-state index contributed by atoms with van der Waals surface area (Å²) in [4.78, 5) is 34.1. The number of aldehydes is 1. The van der Waals surface area contributed by atoms with Crippen LogP contribution < -0.4 is 14.2 Å². The van der Waals surface area contributed by atoms with Gasteiger partial charge in [0.05, 0.1) is 7.11 Å². The highest BCUT2D eigenvalue weighted by molar-refractivity contribution is 6.13. The molecule has 6 heteroatoms. The highest BCUT2D eigenvalue weighted by Crippen LogP contribution is 2.29. The number of hydrogen-bond donors (Lipinski definition) is 0. The van der Waals surface area contributed by atoms with E-state index in [4.69, 9.17) is 14.2 Å². The molecule has 0 aromatic heterocycles. The van der Waals surface area contributed by atoms with Crippen molar-refractivity contribution in [3.8, 4) is 17.2 Å². The van der Waals surface area contributed by atoms with Gasteiger partial charge in [-0.25, -0.2) is 9.59 Å². The van der Waals surface area contributed by atoms with Crippen LogP contribution in [-0.4, -0.2) is 25.3 Å². The van der Waals surface area contributed by atoms with Crippen LogP contribution in [0.5, 0.6) is 17.2 Å². The molecule has 0 bridgehead atoms. The van der Waals surface area contributed by atoms with Gasteiger partial charge in [-0.1, -0.05) is 25.3 Å². The van der Waals surface area contributed by atoms with E-state index >= 15 is 0 Å². The number of esters is 2. The highest BCUT2D eigenvalue weighted by atomic mass is 16.5. The zero-order valence-corrected chi connectivity index (χ0v) is 15.2. The number of rotatable bonds is 8. The lowest BCUT2D eigenvalue weighted by Crippen LogP contribution is -2.03. The van der Waals surface area contributed by atoms with Crippen LogP contribution >= 0.6 is 0 Å². The molecule has 28 heavy (non-hydrogen) atoms. The van der Waals surface area contributed by atoms with Crippen molar-refractivity contribution in [1.82, 2.24) is 0 Å². The summed E-state index contributed by atoms with van der Waals surface area (Å²) in [5.41, 5.74) is 1.62. The normalized spacial score (nSPS) is 10.5. The molecule has 6 nitrogen and oxygen atoms in total. The van der Waals surface area contributed by atoms with E-state index in [1.807, 2.05) is 0 Å². The molecule has 0 radical (unpaired) electrons. The van der Waals surface area contributed by atoms with Crippen molar-refractivity contribution in [2.75, 3.05) is 7.11 Å². The zero-order chi connectivity index (χ0) is 20.5. The summed E-state index contributed by atoms with van der Waals surface area (Å²) in [6.45, 7) is 6.67. The predicted molar refractivity (Wildman–Crippen MR) is 105 cm³/mol. The van der Waals surface area contributed by atoms with Crippen LogP contribution in [0.3, 0.4) is 0 Å². The number of allylic oxidation sites excluding steroid dienone is 1. The van der Waals surface area contributed by atoms with Crippen LogP contribution in [-0.2, 0) is 14.4 Å². The average molecular weight is 378 g/mol. The first-order valence-electron chi connectivity index (χ1n) is 8.14. The SMILES string of the molecule is C=CC(=O)Oc1ccc(/C(C=O)=C/c2ccc(OC(=O)C=C)cc2OC)cc1. The molecule has 0 fully saturated rings. The fourth-order valence-corrected chi connectivity index (χ4v) is 2.26. The summed E-state index contributed by atoms with van der Waals surface area (Å²) >= 11 is 0. The third-order valence-corrected chi connectivity index (χ3v) is 3.60. The number of benzene rings is 2. The van der Waals surface area contributed by atoms with E-state index in [-0.39, 0.29) is 0 Å². The summed E-state index contributed by atoms with van der Waals surface area (Å²) in [7, 11) is 1.47.